The molecule has 0 aliphatic carbocycles. The molecule has 0 spiro atoms. The second-order valence-electron chi connectivity index (χ2n) is 5.64. The number of phenolic OH excluding ortho intramolecular Hbond substituents is 1. The van der Waals surface area contributed by atoms with Crippen LogP contribution in [0.3, 0.4) is 0 Å². The van der Waals surface area contributed by atoms with Crippen LogP contribution in [0.2, 0.25) is 10.0 Å². The molecule has 0 aliphatic heterocycles. The van der Waals surface area contributed by atoms with E-state index in [1.807, 2.05) is 0 Å². The molecule has 0 atom stereocenters. The SMILES string of the molecule is CCO.O=C(/C(=C/c1cc([N+](=O)[O-])ccc1O)n1cncn1)c1ccc(Cl)cc1Cl. The Balaban J connectivity index is 0.00000101. The molecule has 2 aromatic carbocycles. The zero-order valence-electron chi connectivity index (χ0n) is 15.6. The number of benzene rings is 2. The van der Waals surface area contributed by atoms with Gasteiger partial charge in [0.05, 0.1) is 9.95 Å². The smallest absolute Gasteiger partial charge is 0.270 e. The number of aliphatic hydroxyl groups excluding tert-OH is 1. The third-order valence-electron chi connectivity index (χ3n) is 3.59. The third-order valence-corrected chi connectivity index (χ3v) is 4.14. The van der Waals surface area contributed by atoms with E-state index in [-0.39, 0.29) is 39.9 Å². The van der Waals surface area contributed by atoms with E-state index in [0.717, 1.165) is 12.1 Å². The molecule has 0 bridgehead atoms. The van der Waals surface area contributed by atoms with E-state index in [9.17, 15) is 20.0 Å². The maximum Gasteiger partial charge on any atom is 0.270 e. The largest absolute Gasteiger partial charge is 0.507 e. The van der Waals surface area contributed by atoms with Crippen molar-refractivity contribution >= 4 is 46.4 Å². The van der Waals surface area contributed by atoms with E-state index in [0.29, 0.717) is 5.02 Å². The summed E-state index contributed by atoms with van der Waals surface area (Å²) in [6.07, 6.45) is 3.77. The number of nitrogens with zero attached hydrogens (tertiary/aromatic N) is 4. The lowest BCUT2D eigenvalue weighted by atomic mass is 10.0. The molecule has 3 rings (SSSR count). The number of non-ortho nitro benzene ring substituents is 1. The number of hydrogen-bond donors (Lipinski definition) is 2. The van der Waals surface area contributed by atoms with E-state index in [2.05, 4.69) is 10.1 Å². The number of allylic oxidation sites excluding steroid dienone is 1. The number of aromatic nitrogens is 3. The summed E-state index contributed by atoms with van der Waals surface area (Å²) in [7, 11) is 0. The average molecular weight is 451 g/mol. The number of hydrogen-bond acceptors (Lipinski definition) is 7. The number of aromatic hydroxyl groups is 1. The van der Waals surface area contributed by atoms with Gasteiger partial charge in [-0.2, -0.15) is 5.10 Å². The van der Waals surface area contributed by atoms with Gasteiger partial charge in [-0.25, -0.2) is 9.67 Å². The molecular weight excluding hydrogens is 435 g/mol. The highest BCUT2D eigenvalue weighted by Gasteiger charge is 2.20. The van der Waals surface area contributed by atoms with E-state index in [1.165, 1.54) is 47.7 Å². The number of aliphatic hydroxyl groups is 1. The zero-order chi connectivity index (χ0) is 22.3. The normalized spacial score (nSPS) is 10.9. The number of carbonyl (C=O) groups excluding carboxylic acids is 1. The first kappa shape index (κ1) is 23.0. The van der Waals surface area contributed by atoms with Gasteiger partial charge in [0.25, 0.3) is 5.69 Å². The van der Waals surface area contributed by atoms with Crippen molar-refractivity contribution < 1.29 is 19.9 Å². The molecule has 1 heterocycles. The predicted molar refractivity (Wildman–Crippen MR) is 113 cm³/mol. The van der Waals surface area contributed by atoms with Gasteiger partial charge in [0.15, 0.2) is 0 Å². The van der Waals surface area contributed by atoms with Crippen LogP contribution in [0.4, 0.5) is 5.69 Å². The molecular formula is C19H16Cl2N4O5. The van der Waals surface area contributed by atoms with E-state index < -0.39 is 10.7 Å². The van der Waals surface area contributed by atoms with Gasteiger partial charge in [-0.05, 0) is 37.3 Å². The van der Waals surface area contributed by atoms with Crippen molar-refractivity contribution in [3.8, 4) is 5.75 Å². The summed E-state index contributed by atoms with van der Waals surface area (Å²) >= 11 is 12.0. The number of rotatable bonds is 5. The molecule has 0 fully saturated rings. The Labute approximate surface area is 181 Å². The Morgan fingerprint density at radius 3 is 2.53 bits per heavy atom. The molecule has 9 nitrogen and oxygen atoms in total. The summed E-state index contributed by atoms with van der Waals surface area (Å²) in [6, 6.07) is 7.83. The van der Waals surface area contributed by atoms with Gasteiger partial charge in [0.1, 0.15) is 24.1 Å². The summed E-state index contributed by atoms with van der Waals surface area (Å²) < 4.78 is 1.17. The number of nitro groups is 1. The molecule has 11 heteroatoms. The van der Waals surface area contributed by atoms with Crippen molar-refractivity contribution in [2.75, 3.05) is 6.61 Å². The lowest BCUT2D eigenvalue weighted by Gasteiger charge is -2.09. The fourth-order valence-corrected chi connectivity index (χ4v) is 2.79. The van der Waals surface area contributed by atoms with Crippen molar-refractivity contribution in [3.05, 3.63) is 80.3 Å². The van der Waals surface area contributed by atoms with Gasteiger partial charge in [-0.15, -0.1) is 0 Å². The highest BCUT2D eigenvalue weighted by Crippen LogP contribution is 2.29. The van der Waals surface area contributed by atoms with Gasteiger partial charge >= 0.3 is 0 Å². The van der Waals surface area contributed by atoms with E-state index >= 15 is 0 Å². The minimum Gasteiger partial charge on any atom is -0.507 e. The number of carbonyl (C=O) groups is 1. The highest BCUT2D eigenvalue weighted by molar-refractivity contribution is 6.40. The predicted octanol–water partition coefficient (Wildman–Crippen LogP) is 4.08. The number of nitro benzene ring substituents is 1. The standard InChI is InChI=1S/C17H10Cl2N4O4.C2H6O/c18-11-1-3-13(14(19)7-11)17(25)15(22-9-20-8-21-22)6-10-5-12(23(26)27)2-4-16(10)24;1-2-3/h1-9,24H;3H,2H2,1H3/b15-6-;. The molecule has 0 amide bonds. The molecule has 1 aromatic heterocycles. The minimum atomic E-state index is -0.607. The Bertz CT molecular complexity index is 1080. The van der Waals surface area contributed by atoms with Crippen LogP contribution in [0.1, 0.15) is 22.8 Å². The second kappa shape index (κ2) is 10.5. The minimum absolute atomic E-state index is 0.0208. The number of ketones is 1. The quantitative estimate of drug-likeness (QED) is 0.259. The molecule has 0 saturated heterocycles. The maximum absolute atomic E-state index is 13.0. The van der Waals surface area contributed by atoms with Crippen molar-refractivity contribution in [1.29, 1.82) is 0 Å². The van der Waals surface area contributed by atoms with Gasteiger partial charge in [0.2, 0.25) is 5.78 Å². The number of phenols is 1. The van der Waals surface area contributed by atoms with Gasteiger partial charge in [-0.3, -0.25) is 14.9 Å². The number of halogens is 2. The zero-order valence-corrected chi connectivity index (χ0v) is 17.1. The van der Waals surface area contributed by atoms with Crippen LogP contribution in [0.25, 0.3) is 11.8 Å². The van der Waals surface area contributed by atoms with Crippen molar-refractivity contribution in [2.45, 2.75) is 6.92 Å². The van der Waals surface area contributed by atoms with Gasteiger partial charge in [0, 0.05) is 34.9 Å². The van der Waals surface area contributed by atoms with Crippen LogP contribution < -0.4 is 0 Å². The van der Waals surface area contributed by atoms with E-state index in [4.69, 9.17) is 28.3 Å². The summed E-state index contributed by atoms with van der Waals surface area (Å²) in [6.45, 7) is 1.93. The first-order valence-corrected chi connectivity index (χ1v) is 9.18. The Hall–Kier alpha value is -3.27. The summed E-state index contributed by atoms with van der Waals surface area (Å²) in [5, 5.41) is 33.0. The van der Waals surface area contributed by atoms with Crippen molar-refractivity contribution in [1.82, 2.24) is 14.8 Å². The second-order valence-corrected chi connectivity index (χ2v) is 6.48. The fourth-order valence-electron chi connectivity index (χ4n) is 2.30. The lowest BCUT2D eigenvalue weighted by molar-refractivity contribution is -0.384. The highest BCUT2D eigenvalue weighted by atomic mass is 35.5. The third kappa shape index (κ3) is 5.63. The van der Waals surface area contributed by atoms with Crippen LogP contribution in [0, 0.1) is 10.1 Å². The number of Topliss-reactive ketones (excluding diaryl/α,β-unsaturated/α-hetero) is 1. The molecule has 0 unspecified atom stereocenters. The topological polar surface area (TPSA) is 131 Å². The van der Waals surface area contributed by atoms with Crippen LogP contribution >= 0.6 is 23.2 Å². The van der Waals surface area contributed by atoms with Crippen molar-refractivity contribution in [3.63, 3.8) is 0 Å². The summed E-state index contributed by atoms with van der Waals surface area (Å²) in [5.41, 5.74) is -0.0534. The van der Waals surface area contributed by atoms with Crippen LogP contribution in [-0.4, -0.2) is 42.3 Å². The average Bonchev–Trinajstić information content (AvgIpc) is 3.21. The summed E-state index contributed by atoms with van der Waals surface area (Å²) in [4.78, 5) is 27.2. The molecule has 2 N–H and O–H groups in total. The summed E-state index contributed by atoms with van der Waals surface area (Å²) in [5.74, 6) is -0.777. The van der Waals surface area contributed by atoms with Crippen LogP contribution in [0.15, 0.2) is 49.1 Å². The van der Waals surface area contributed by atoms with Crippen LogP contribution in [-0.2, 0) is 0 Å². The first-order chi connectivity index (χ1) is 14.3. The van der Waals surface area contributed by atoms with Gasteiger partial charge in [-0.1, -0.05) is 23.2 Å². The molecule has 0 saturated carbocycles. The maximum atomic E-state index is 13.0. The van der Waals surface area contributed by atoms with Gasteiger partial charge < -0.3 is 10.2 Å². The molecule has 30 heavy (non-hydrogen) atoms. The lowest BCUT2D eigenvalue weighted by Crippen LogP contribution is -2.10. The first-order valence-electron chi connectivity index (χ1n) is 8.43. The van der Waals surface area contributed by atoms with E-state index in [1.54, 1.807) is 6.92 Å². The molecule has 0 aliphatic rings. The molecule has 156 valence electrons. The Morgan fingerprint density at radius 1 is 1.27 bits per heavy atom. The molecule has 3 aromatic rings. The monoisotopic (exact) mass is 450 g/mol. The molecule has 0 radical (unpaired) electrons. The Kier molecular flexibility index (Phi) is 8.05. The fraction of sp³-hybridized carbons (Fsp3) is 0.105. The Morgan fingerprint density at radius 2 is 1.97 bits per heavy atom. The van der Waals surface area contributed by atoms with Crippen LogP contribution in [0.5, 0.6) is 5.75 Å². The van der Waals surface area contributed by atoms with Crippen molar-refractivity contribution in [2.24, 2.45) is 0 Å².